The fraction of sp³-hybridized carbons (Fsp3) is 0.562. The summed E-state index contributed by atoms with van der Waals surface area (Å²) in [4.78, 5) is 0. The lowest BCUT2D eigenvalue weighted by Crippen LogP contribution is -1.98. The van der Waals surface area contributed by atoms with E-state index in [1.54, 1.807) is 0 Å². The van der Waals surface area contributed by atoms with Crippen LogP contribution in [0.4, 0.5) is 0 Å². The second-order valence-corrected chi connectivity index (χ2v) is 4.77. The van der Waals surface area contributed by atoms with Crippen molar-refractivity contribution < 1.29 is 0 Å². The molecule has 1 rings (SSSR count). The highest BCUT2D eigenvalue weighted by atomic mass is 14.1. The molecule has 0 aromatic rings. The lowest BCUT2D eigenvalue weighted by Gasteiger charge is -2.14. The normalized spacial score (nSPS) is 25.3. The van der Waals surface area contributed by atoms with E-state index in [0.29, 0.717) is 5.92 Å². The molecule has 1 aliphatic rings. The molecule has 0 heterocycles. The third-order valence-corrected chi connectivity index (χ3v) is 3.49. The Labute approximate surface area is 100 Å². The van der Waals surface area contributed by atoms with Gasteiger partial charge >= 0.3 is 0 Å². The summed E-state index contributed by atoms with van der Waals surface area (Å²) in [6.07, 6.45) is 10.2. The van der Waals surface area contributed by atoms with Crippen LogP contribution in [-0.4, -0.2) is 0 Å². The minimum absolute atomic E-state index is 0.710. The summed E-state index contributed by atoms with van der Waals surface area (Å²) in [6, 6.07) is 0. The van der Waals surface area contributed by atoms with E-state index < -0.39 is 0 Å². The fourth-order valence-electron chi connectivity index (χ4n) is 1.97. The van der Waals surface area contributed by atoms with Gasteiger partial charge in [-0.3, -0.25) is 0 Å². The molecule has 0 aromatic carbocycles. The molecule has 0 fully saturated rings. The van der Waals surface area contributed by atoms with Crippen LogP contribution in [0.3, 0.4) is 0 Å². The first-order valence-electron chi connectivity index (χ1n) is 6.45. The molecule has 0 aromatic heterocycles. The monoisotopic (exact) mass is 216 g/mol. The van der Waals surface area contributed by atoms with Crippen LogP contribution in [0.2, 0.25) is 0 Å². The van der Waals surface area contributed by atoms with E-state index in [-0.39, 0.29) is 0 Å². The molecule has 1 aliphatic carbocycles. The molecule has 1 unspecified atom stereocenters. The zero-order valence-corrected chi connectivity index (χ0v) is 11.0. The van der Waals surface area contributed by atoms with Gasteiger partial charge in [0.1, 0.15) is 0 Å². The van der Waals surface area contributed by atoms with Gasteiger partial charge in [-0.1, -0.05) is 31.6 Å². The summed E-state index contributed by atoms with van der Waals surface area (Å²) >= 11 is 0. The molecule has 88 valence electrons. The zero-order valence-electron chi connectivity index (χ0n) is 11.0. The van der Waals surface area contributed by atoms with Crippen molar-refractivity contribution >= 4 is 0 Å². The molecule has 0 heteroatoms. The molecule has 0 nitrogen and oxygen atoms in total. The first kappa shape index (κ1) is 13.1. The van der Waals surface area contributed by atoms with E-state index in [9.17, 15) is 0 Å². The topological polar surface area (TPSA) is 0 Å². The van der Waals surface area contributed by atoms with Crippen LogP contribution in [0, 0.1) is 5.92 Å². The molecule has 1 atom stereocenters. The lowest BCUT2D eigenvalue weighted by molar-refractivity contribution is 0.568. The van der Waals surface area contributed by atoms with Gasteiger partial charge in [0.2, 0.25) is 0 Å². The van der Waals surface area contributed by atoms with E-state index in [1.165, 1.54) is 36.0 Å². The molecule has 0 aliphatic heterocycles. The Balaban J connectivity index is 2.81. The van der Waals surface area contributed by atoms with E-state index in [0.717, 1.165) is 12.8 Å². The fourth-order valence-corrected chi connectivity index (χ4v) is 1.97. The SMILES string of the molecule is C=C(CC)C/C1=C(\C)CCC(CC)C=C=C1. The summed E-state index contributed by atoms with van der Waals surface area (Å²) in [5, 5.41) is 0. The summed E-state index contributed by atoms with van der Waals surface area (Å²) < 4.78 is 0. The van der Waals surface area contributed by atoms with Crippen molar-refractivity contribution in [3.05, 3.63) is 41.2 Å². The highest BCUT2D eigenvalue weighted by Crippen LogP contribution is 2.25. The summed E-state index contributed by atoms with van der Waals surface area (Å²) in [6.45, 7) is 10.8. The van der Waals surface area contributed by atoms with Crippen molar-refractivity contribution in [3.8, 4) is 0 Å². The zero-order chi connectivity index (χ0) is 12.0. The van der Waals surface area contributed by atoms with Crippen molar-refractivity contribution in [2.45, 2.75) is 52.9 Å². The average Bonchev–Trinajstić information content (AvgIpc) is 2.28. The van der Waals surface area contributed by atoms with Gasteiger partial charge in [-0.25, -0.2) is 0 Å². The minimum atomic E-state index is 0.710. The van der Waals surface area contributed by atoms with Crippen molar-refractivity contribution in [2.75, 3.05) is 0 Å². The molecular weight excluding hydrogens is 192 g/mol. The standard InChI is InChI=1S/C16H24/c1-5-13(3)12-16-9-7-8-15(6-2)11-10-14(16)4/h8-9,15H,3,5-6,10-12H2,1-2,4H3/b16-14+. The van der Waals surface area contributed by atoms with E-state index in [4.69, 9.17) is 0 Å². The minimum Gasteiger partial charge on any atom is -0.125 e. The van der Waals surface area contributed by atoms with Crippen LogP contribution < -0.4 is 0 Å². The van der Waals surface area contributed by atoms with Crippen molar-refractivity contribution in [1.82, 2.24) is 0 Å². The first-order chi connectivity index (χ1) is 7.67. The third-order valence-electron chi connectivity index (χ3n) is 3.49. The van der Waals surface area contributed by atoms with E-state index >= 15 is 0 Å². The quantitative estimate of drug-likeness (QED) is 0.448. The van der Waals surface area contributed by atoms with Gasteiger partial charge in [-0.2, -0.15) is 0 Å². The van der Waals surface area contributed by atoms with E-state index in [1.807, 2.05) is 0 Å². The Morgan fingerprint density at radius 3 is 2.88 bits per heavy atom. The number of hydrogen-bond donors (Lipinski definition) is 0. The molecule has 0 amide bonds. The van der Waals surface area contributed by atoms with Crippen LogP contribution in [0.15, 0.2) is 41.2 Å². The maximum Gasteiger partial charge on any atom is -0.00643 e. The van der Waals surface area contributed by atoms with Gasteiger partial charge in [0, 0.05) is 0 Å². The van der Waals surface area contributed by atoms with Gasteiger partial charge in [0.15, 0.2) is 0 Å². The Bertz CT molecular complexity index is 335. The van der Waals surface area contributed by atoms with Gasteiger partial charge in [-0.15, -0.1) is 5.73 Å². The van der Waals surface area contributed by atoms with Gasteiger partial charge in [0.25, 0.3) is 0 Å². The van der Waals surface area contributed by atoms with Crippen LogP contribution in [0.25, 0.3) is 0 Å². The van der Waals surface area contributed by atoms with Gasteiger partial charge in [0.05, 0.1) is 0 Å². The maximum absolute atomic E-state index is 4.09. The van der Waals surface area contributed by atoms with Gasteiger partial charge < -0.3 is 0 Å². The lowest BCUT2D eigenvalue weighted by atomic mass is 9.91. The van der Waals surface area contributed by atoms with Crippen molar-refractivity contribution in [1.29, 1.82) is 0 Å². The molecule has 0 saturated carbocycles. The molecule has 0 N–H and O–H groups in total. The van der Waals surface area contributed by atoms with Crippen LogP contribution in [-0.2, 0) is 0 Å². The van der Waals surface area contributed by atoms with Crippen LogP contribution in [0.5, 0.6) is 0 Å². The summed E-state index contributed by atoms with van der Waals surface area (Å²) in [7, 11) is 0. The average molecular weight is 216 g/mol. The Kier molecular flexibility index (Phi) is 5.35. The highest BCUT2D eigenvalue weighted by molar-refractivity contribution is 5.29. The van der Waals surface area contributed by atoms with Gasteiger partial charge in [-0.05, 0) is 62.7 Å². The second-order valence-electron chi connectivity index (χ2n) is 4.77. The Morgan fingerprint density at radius 1 is 1.50 bits per heavy atom. The Morgan fingerprint density at radius 2 is 2.25 bits per heavy atom. The Hall–Kier alpha value is -1.00. The van der Waals surface area contributed by atoms with Crippen LogP contribution >= 0.6 is 0 Å². The number of allylic oxidation sites excluding steroid dienone is 4. The summed E-state index contributed by atoms with van der Waals surface area (Å²) in [5.41, 5.74) is 7.62. The molecule has 0 spiro atoms. The number of rotatable bonds is 4. The van der Waals surface area contributed by atoms with E-state index in [2.05, 4.69) is 45.2 Å². The molecule has 0 saturated heterocycles. The smallest absolute Gasteiger partial charge is 0.00643 e. The third kappa shape index (κ3) is 3.87. The predicted octanol–water partition coefficient (Wildman–Crippen LogP) is 5.19. The maximum atomic E-state index is 4.09. The molecule has 16 heavy (non-hydrogen) atoms. The van der Waals surface area contributed by atoms with Crippen molar-refractivity contribution in [2.24, 2.45) is 5.92 Å². The predicted molar refractivity (Wildman–Crippen MR) is 72.4 cm³/mol. The van der Waals surface area contributed by atoms with Crippen LogP contribution in [0.1, 0.15) is 52.9 Å². The highest BCUT2D eigenvalue weighted by Gasteiger charge is 2.07. The second kappa shape index (κ2) is 6.55. The first-order valence-corrected chi connectivity index (χ1v) is 6.45. The van der Waals surface area contributed by atoms with Crippen molar-refractivity contribution in [3.63, 3.8) is 0 Å². The molecule has 0 radical (unpaired) electrons. The molecular formula is C16H24. The summed E-state index contributed by atoms with van der Waals surface area (Å²) in [5.74, 6) is 0.710. The largest absolute Gasteiger partial charge is 0.125 e. The number of hydrogen-bond acceptors (Lipinski definition) is 0. The molecule has 0 bridgehead atoms.